The summed E-state index contributed by atoms with van der Waals surface area (Å²) in [5.41, 5.74) is -1.12. The number of methoxy groups -OCH3 is 1. The van der Waals surface area contributed by atoms with E-state index in [-0.39, 0.29) is 31.4 Å². The normalized spacial score (nSPS) is 26.9. The molecule has 0 spiro atoms. The van der Waals surface area contributed by atoms with Crippen LogP contribution in [0.1, 0.15) is 76.3 Å². The summed E-state index contributed by atoms with van der Waals surface area (Å²) in [5, 5.41) is 10.8. The lowest BCUT2D eigenvalue weighted by Gasteiger charge is -2.30. The molecule has 0 unspecified atom stereocenters. The van der Waals surface area contributed by atoms with Crippen molar-refractivity contribution in [2.75, 3.05) is 40.0 Å². The van der Waals surface area contributed by atoms with E-state index in [1.165, 1.54) is 4.90 Å². The average Bonchev–Trinajstić information content (AvgIpc) is 3.64. The second-order valence-electron chi connectivity index (χ2n) is 8.78. The summed E-state index contributed by atoms with van der Waals surface area (Å²) in [5.74, 6) is -8.71. The Morgan fingerprint density at radius 1 is 1.11 bits per heavy atom. The van der Waals surface area contributed by atoms with Gasteiger partial charge in [0.05, 0.1) is 31.8 Å². The predicted octanol–water partition coefficient (Wildman–Crippen LogP) is 4.69. The van der Waals surface area contributed by atoms with E-state index in [9.17, 15) is 18.8 Å². The zero-order chi connectivity index (χ0) is 35.2. The first-order valence-electron chi connectivity index (χ1n) is 17.4. The Kier molecular flexibility index (Phi) is 5.51. The minimum Gasteiger partial charge on any atom is -0.497 e. The quantitative estimate of drug-likeness (QED) is 0.434. The van der Waals surface area contributed by atoms with Gasteiger partial charge >= 0.3 is 5.97 Å². The summed E-state index contributed by atoms with van der Waals surface area (Å²) in [6.45, 7) is -0.0687. The largest absolute Gasteiger partial charge is 0.497 e. The summed E-state index contributed by atoms with van der Waals surface area (Å²) < 4.78 is 104. The van der Waals surface area contributed by atoms with Gasteiger partial charge in [0, 0.05) is 33.0 Å². The third-order valence-electron chi connectivity index (χ3n) is 6.32. The van der Waals surface area contributed by atoms with Crippen molar-refractivity contribution in [2.24, 2.45) is 5.89 Å². The molecule has 2 heterocycles. The zero-order valence-electron chi connectivity index (χ0n) is 31.2. The minimum absolute atomic E-state index is 0.184. The number of likely N-dealkylation sites (tertiary alicyclic amines) is 1. The number of unbranched alkanes of at least 4 members (excludes halogenated alkanes) is 2. The van der Waals surface area contributed by atoms with E-state index in [1.807, 2.05) is 13.8 Å². The maximum Gasteiger partial charge on any atom is 0.309 e. The van der Waals surface area contributed by atoms with Crippen molar-refractivity contribution < 1.29 is 42.6 Å². The number of nitrogens with zero attached hydrogens (tertiary/aromatic N) is 2. The highest BCUT2D eigenvalue weighted by molar-refractivity contribution is 5.79. The molecule has 200 valence electrons. The molecule has 0 bridgehead atoms. The fraction of sp³-hybridized carbons (Fsp3) is 0.517. The predicted molar refractivity (Wildman–Crippen MR) is 140 cm³/mol. The van der Waals surface area contributed by atoms with E-state index in [1.54, 1.807) is 0 Å². The van der Waals surface area contributed by atoms with Crippen molar-refractivity contribution >= 4 is 11.9 Å². The van der Waals surface area contributed by atoms with E-state index < -0.39 is 102 Å². The Morgan fingerprint density at radius 3 is 2.38 bits per heavy atom. The Labute approximate surface area is 233 Å². The lowest BCUT2D eigenvalue weighted by Crippen LogP contribution is -2.42. The molecule has 4 rings (SSSR count). The lowest BCUT2D eigenvalue weighted by molar-refractivity contribution is -0.144. The van der Waals surface area contributed by atoms with E-state index >= 15 is 0 Å². The van der Waals surface area contributed by atoms with Gasteiger partial charge in [0.15, 0.2) is 11.5 Å². The molecule has 2 aliphatic rings. The molecule has 0 radical (unpaired) electrons. The van der Waals surface area contributed by atoms with Crippen molar-refractivity contribution in [3.05, 3.63) is 53.4 Å². The van der Waals surface area contributed by atoms with Gasteiger partial charge in [0.2, 0.25) is 12.7 Å². The molecule has 8 heteroatoms. The number of ether oxygens (including phenoxy) is 3. The van der Waals surface area contributed by atoms with Crippen LogP contribution in [0.25, 0.3) is 0 Å². The summed E-state index contributed by atoms with van der Waals surface area (Å²) in [6, 6.07) is -6.97. The average molecular weight is 521 g/mol. The number of carboxylic acids is 1. The standard InChI is InChI=1S/C29H38N2O6/c1-4-6-14-30(15-7-5-2)26(32)18-31-17-23(21-10-13-24-25(16-21)37-19-36-24)27(29(33)34)28(31)20-8-11-22(35-3)12-9-20/h8-13,16,23,27-28H,4-7,14-15,17-19H2,1-3H3,(H,33,34)/t23-,27-,28+/m1/s1/i8D,9D,10D,11D,12D,13D,16D,18D2,27D. The first kappa shape index (κ1) is 16.6. The van der Waals surface area contributed by atoms with Gasteiger partial charge in [0.1, 0.15) is 5.75 Å². The summed E-state index contributed by atoms with van der Waals surface area (Å²) in [7, 11) is 1.12. The number of fused-ring (bicyclic) bond motifs is 1. The van der Waals surface area contributed by atoms with Gasteiger partial charge in [0.25, 0.3) is 0 Å². The van der Waals surface area contributed by atoms with Crippen LogP contribution in [0, 0.1) is 5.89 Å². The monoisotopic (exact) mass is 520 g/mol. The van der Waals surface area contributed by atoms with Gasteiger partial charge in [-0.25, -0.2) is 0 Å². The number of carbonyl (C=O) groups is 2. The maximum atomic E-state index is 14.1. The number of rotatable bonds is 12. The summed E-state index contributed by atoms with van der Waals surface area (Å²) in [4.78, 5) is 29.4. The van der Waals surface area contributed by atoms with E-state index in [4.69, 9.17) is 23.8 Å². The molecular weight excluding hydrogens is 472 g/mol. The highest BCUT2D eigenvalue weighted by atomic mass is 16.7. The number of carboxylic acid groups (broad SMARTS) is 1. The molecule has 37 heavy (non-hydrogen) atoms. The van der Waals surface area contributed by atoms with Crippen molar-refractivity contribution in [3.8, 4) is 17.2 Å². The lowest BCUT2D eigenvalue weighted by atomic mass is 9.82. The number of amides is 1. The second-order valence-corrected chi connectivity index (χ2v) is 8.78. The van der Waals surface area contributed by atoms with Gasteiger partial charge < -0.3 is 24.2 Å². The smallest absolute Gasteiger partial charge is 0.309 e. The van der Waals surface area contributed by atoms with Crippen LogP contribution in [0.15, 0.2) is 42.3 Å². The van der Waals surface area contributed by atoms with Gasteiger partial charge in [-0.2, -0.15) is 0 Å². The molecule has 2 aromatic rings. The molecule has 1 amide bonds. The van der Waals surface area contributed by atoms with Crippen molar-refractivity contribution in [1.29, 1.82) is 0 Å². The first-order valence-corrected chi connectivity index (χ1v) is 12.4. The summed E-state index contributed by atoms with van der Waals surface area (Å²) in [6.07, 6.45) is 2.46. The Bertz CT molecular complexity index is 1540. The fourth-order valence-electron chi connectivity index (χ4n) is 4.37. The Hall–Kier alpha value is -3.26. The Morgan fingerprint density at radius 2 is 1.76 bits per heavy atom. The fourth-order valence-corrected chi connectivity index (χ4v) is 4.37. The van der Waals surface area contributed by atoms with Crippen molar-refractivity contribution in [3.63, 3.8) is 0 Å². The molecule has 1 N–H and O–H groups in total. The van der Waals surface area contributed by atoms with E-state index in [0.717, 1.165) is 12.0 Å². The van der Waals surface area contributed by atoms with E-state index in [0.29, 0.717) is 25.7 Å². The van der Waals surface area contributed by atoms with Gasteiger partial charge in [-0.05, 0) is 48.1 Å². The number of benzene rings is 2. The molecule has 1 saturated heterocycles. The van der Waals surface area contributed by atoms with Crippen LogP contribution in [-0.4, -0.2) is 66.8 Å². The molecule has 2 aliphatic heterocycles. The van der Waals surface area contributed by atoms with Crippen LogP contribution in [0.4, 0.5) is 0 Å². The maximum absolute atomic E-state index is 14.1. The molecular formula is C29H38N2O6. The Balaban J connectivity index is 2.06. The molecule has 8 nitrogen and oxygen atoms in total. The van der Waals surface area contributed by atoms with E-state index in [2.05, 4.69) is 0 Å². The molecule has 2 aromatic carbocycles. The summed E-state index contributed by atoms with van der Waals surface area (Å²) >= 11 is 0. The molecule has 0 saturated carbocycles. The third-order valence-corrected chi connectivity index (χ3v) is 6.32. The van der Waals surface area contributed by atoms with Crippen LogP contribution < -0.4 is 14.2 Å². The molecule has 0 aromatic heterocycles. The highest BCUT2D eigenvalue weighted by Crippen LogP contribution is 2.47. The molecule has 1 fully saturated rings. The number of carbonyl (C=O) groups excluding carboxylic acids is 1. The van der Waals surface area contributed by atoms with Crippen LogP contribution in [0.5, 0.6) is 17.2 Å². The molecule has 3 atom stereocenters. The highest BCUT2D eigenvalue weighted by Gasteiger charge is 2.48. The second kappa shape index (κ2) is 12.3. The topological polar surface area (TPSA) is 88.5 Å². The third kappa shape index (κ3) is 6.01. The molecule has 0 aliphatic carbocycles. The van der Waals surface area contributed by atoms with Crippen LogP contribution in [0.3, 0.4) is 0 Å². The zero-order valence-corrected chi connectivity index (χ0v) is 21.2. The van der Waals surface area contributed by atoms with Crippen LogP contribution in [0.2, 0.25) is 0 Å². The van der Waals surface area contributed by atoms with Gasteiger partial charge in [-0.3, -0.25) is 14.5 Å². The number of aliphatic carboxylic acids is 1. The number of hydrogen-bond acceptors (Lipinski definition) is 6. The first-order chi connectivity index (χ1) is 22.0. The number of hydrogen-bond donors (Lipinski definition) is 1. The van der Waals surface area contributed by atoms with Crippen molar-refractivity contribution in [1.82, 2.24) is 9.80 Å². The van der Waals surface area contributed by atoms with Crippen molar-refractivity contribution in [2.45, 2.75) is 51.5 Å². The van der Waals surface area contributed by atoms with Gasteiger partial charge in [-0.1, -0.05) is 44.8 Å². The minimum atomic E-state index is -3.07. The van der Waals surface area contributed by atoms with Crippen LogP contribution >= 0.6 is 0 Å². The SMILES string of the molecule is [2H]c1c([2H])c([C@@H]2N(C([2H])([2H])C(=O)N(CCCC)CCCC)C[C@H](c3c([2H])c([2H])c4c(c3[2H])OCO4)[C@@]2([2H])C(=O)O)c([2H])c([2H])c1OC. The van der Waals surface area contributed by atoms with Gasteiger partial charge in [-0.15, -0.1) is 0 Å². The van der Waals surface area contributed by atoms with Crippen LogP contribution in [-0.2, 0) is 9.59 Å².